The van der Waals surface area contributed by atoms with Crippen molar-refractivity contribution in [3.05, 3.63) is 23.8 Å². The summed E-state index contributed by atoms with van der Waals surface area (Å²) in [7, 11) is 0. The van der Waals surface area contributed by atoms with Crippen molar-refractivity contribution in [2.45, 2.75) is 26.7 Å². The molecule has 0 nitrogen and oxygen atoms in total. The molecule has 0 saturated heterocycles. The van der Waals surface area contributed by atoms with E-state index in [-0.39, 0.29) is 0 Å². The highest BCUT2D eigenvalue weighted by Gasteiger charge is 2.07. The molecule has 0 radical (unpaired) electrons. The first-order valence-corrected chi connectivity index (χ1v) is 3.69. The van der Waals surface area contributed by atoms with Crippen LogP contribution < -0.4 is 0 Å². The summed E-state index contributed by atoms with van der Waals surface area (Å²) in [5.74, 6) is 0.759. The van der Waals surface area contributed by atoms with E-state index in [1.54, 1.807) is 0 Å². The van der Waals surface area contributed by atoms with Crippen LogP contribution in [0.1, 0.15) is 26.7 Å². The predicted octanol–water partition coefficient (Wildman–Crippen LogP) is 2.92. The lowest BCUT2D eigenvalue weighted by atomic mass is 9.99. The highest BCUT2D eigenvalue weighted by atomic mass is 14.1. The van der Waals surface area contributed by atoms with Gasteiger partial charge in [0, 0.05) is 0 Å². The molecule has 1 aliphatic rings. The summed E-state index contributed by atoms with van der Waals surface area (Å²) >= 11 is 0. The molecule has 0 N–H and O–H groups in total. The molecule has 0 bridgehead atoms. The quantitative estimate of drug-likeness (QED) is 0.528. The average molecular weight is 122 g/mol. The molecule has 0 fully saturated rings. The van der Waals surface area contributed by atoms with Gasteiger partial charge in [-0.25, -0.2) is 0 Å². The smallest absolute Gasteiger partial charge is 0.00199 e. The summed E-state index contributed by atoms with van der Waals surface area (Å²) in [5.41, 5.74) is 1.52. The van der Waals surface area contributed by atoms with Crippen LogP contribution in [0.15, 0.2) is 23.8 Å². The Morgan fingerprint density at radius 1 is 1.56 bits per heavy atom. The van der Waals surface area contributed by atoms with Gasteiger partial charge in [-0.3, -0.25) is 0 Å². The van der Waals surface area contributed by atoms with Crippen LogP contribution in [0, 0.1) is 5.92 Å². The molecule has 1 rings (SSSR count). The lowest BCUT2D eigenvalue weighted by Crippen LogP contribution is -1.92. The molecule has 0 heteroatoms. The standard InChI is InChI=1S/C9H14/c1-3-5-9-7-4-6-8(9)2/h4,6-7,9H,3,5H2,1-2H3. The monoisotopic (exact) mass is 122 g/mol. The lowest BCUT2D eigenvalue weighted by Gasteiger charge is -2.06. The fourth-order valence-electron chi connectivity index (χ4n) is 1.25. The molecule has 9 heavy (non-hydrogen) atoms. The highest BCUT2D eigenvalue weighted by Crippen LogP contribution is 2.22. The van der Waals surface area contributed by atoms with Gasteiger partial charge in [0.05, 0.1) is 0 Å². The topological polar surface area (TPSA) is 0 Å². The molecule has 1 atom stereocenters. The first-order valence-electron chi connectivity index (χ1n) is 3.69. The Balaban J connectivity index is 2.43. The van der Waals surface area contributed by atoms with Crippen LogP contribution in [-0.2, 0) is 0 Å². The van der Waals surface area contributed by atoms with Crippen LogP contribution in [0.3, 0.4) is 0 Å². The van der Waals surface area contributed by atoms with E-state index in [0.29, 0.717) is 0 Å². The maximum atomic E-state index is 2.29. The van der Waals surface area contributed by atoms with Crippen molar-refractivity contribution in [2.75, 3.05) is 0 Å². The third-order valence-electron chi connectivity index (χ3n) is 1.89. The Kier molecular flexibility index (Phi) is 2.10. The Morgan fingerprint density at radius 2 is 2.33 bits per heavy atom. The van der Waals surface area contributed by atoms with Crippen LogP contribution in [-0.4, -0.2) is 0 Å². The Morgan fingerprint density at radius 3 is 2.78 bits per heavy atom. The molecule has 1 aliphatic carbocycles. The van der Waals surface area contributed by atoms with Crippen molar-refractivity contribution in [3.8, 4) is 0 Å². The zero-order chi connectivity index (χ0) is 6.69. The van der Waals surface area contributed by atoms with Crippen molar-refractivity contribution in [1.29, 1.82) is 0 Å². The minimum absolute atomic E-state index is 0.759. The van der Waals surface area contributed by atoms with Crippen molar-refractivity contribution in [3.63, 3.8) is 0 Å². The van der Waals surface area contributed by atoms with Crippen LogP contribution in [0.5, 0.6) is 0 Å². The van der Waals surface area contributed by atoms with Crippen LogP contribution >= 0.6 is 0 Å². The van der Waals surface area contributed by atoms with E-state index >= 15 is 0 Å². The summed E-state index contributed by atoms with van der Waals surface area (Å²) in [4.78, 5) is 0. The molecule has 0 aliphatic heterocycles. The molecule has 0 aromatic carbocycles. The van der Waals surface area contributed by atoms with E-state index < -0.39 is 0 Å². The number of allylic oxidation sites excluding steroid dienone is 4. The van der Waals surface area contributed by atoms with Gasteiger partial charge in [-0.15, -0.1) is 0 Å². The molecular formula is C9H14. The predicted molar refractivity (Wildman–Crippen MR) is 41.3 cm³/mol. The molecule has 0 spiro atoms. The minimum atomic E-state index is 0.759. The van der Waals surface area contributed by atoms with E-state index in [2.05, 4.69) is 32.1 Å². The van der Waals surface area contributed by atoms with Gasteiger partial charge in [-0.05, 0) is 19.3 Å². The summed E-state index contributed by atoms with van der Waals surface area (Å²) < 4.78 is 0. The molecule has 0 aromatic heterocycles. The van der Waals surface area contributed by atoms with E-state index in [1.165, 1.54) is 18.4 Å². The second kappa shape index (κ2) is 2.86. The zero-order valence-corrected chi connectivity index (χ0v) is 6.22. The van der Waals surface area contributed by atoms with E-state index in [1.807, 2.05) is 0 Å². The number of hydrogen-bond acceptors (Lipinski definition) is 0. The maximum Gasteiger partial charge on any atom is -0.00199 e. The van der Waals surface area contributed by atoms with E-state index in [9.17, 15) is 0 Å². The summed E-state index contributed by atoms with van der Waals surface area (Å²) in [6.45, 7) is 4.44. The Bertz CT molecular complexity index is 140. The second-order valence-electron chi connectivity index (χ2n) is 2.69. The summed E-state index contributed by atoms with van der Waals surface area (Å²) in [5, 5.41) is 0. The first-order chi connectivity index (χ1) is 4.34. The lowest BCUT2D eigenvalue weighted by molar-refractivity contribution is 0.666. The third-order valence-corrected chi connectivity index (χ3v) is 1.89. The SMILES string of the molecule is CCCC1C=CC=C1C. The number of rotatable bonds is 2. The summed E-state index contributed by atoms with van der Waals surface area (Å²) in [6.07, 6.45) is 9.27. The van der Waals surface area contributed by atoms with Gasteiger partial charge in [0.25, 0.3) is 0 Å². The van der Waals surface area contributed by atoms with E-state index in [0.717, 1.165) is 5.92 Å². The van der Waals surface area contributed by atoms with Crippen molar-refractivity contribution in [2.24, 2.45) is 5.92 Å². The molecule has 50 valence electrons. The molecular weight excluding hydrogens is 108 g/mol. The van der Waals surface area contributed by atoms with Crippen LogP contribution in [0.2, 0.25) is 0 Å². The third kappa shape index (κ3) is 1.44. The van der Waals surface area contributed by atoms with Crippen LogP contribution in [0.25, 0.3) is 0 Å². The fraction of sp³-hybridized carbons (Fsp3) is 0.556. The van der Waals surface area contributed by atoms with Crippen molar-refractivity contribution >= 4 is 0 Å². The van der Waals surface area contributed by atoms with Gasteiger partial charge >= 0.3 is 0 Å². The average Bonchev–Trinajstić information content (AvgIpc) is 2.18. The van der Waals surface area contributed by atoms with Crippen molar-refractivity contribution in [1.82, 2.24) is 0 Å². The second-order valence-corrected chi connectivity index (χ2v) is 2.69. The Hall–Kier alpha value is -0.520. The van der Waals surface area contributed by atoms with Gasteiger partial charge in [0.2, 0.25) is 0 Å². The largest absolute Gasteiger partial charge is 0.0773 e. The fourth-order valence-corrected chi connectivity index (χ4v) is 1.25. The van der Waals surface area contributed by atoms with Gasteiger partial charge in [-0.1, -0.05) is 37.1 Å². The van der Waals surface area contributed by atoms with E-state index in [4.69, 9.17) is 0 Å². The number of hydrogen-bond donors (Lipinski definition) is 0. The van der Waals surface area contributed by atoms with Gasteiger partial charge in [-0.2, -0.15) is 0 Å². The van der Waals surface area contributed by atoms with Gasteiger partial charge < -0.3 is 0 Å². The first kappa shape index (κ1) is 6.60. The Labute approximate surface area is 57.3 Å². The zero-order valence-electron chi connectivity index (χ0n) is 6.22. The minimum Gasteiger partial charge on any atom is -0.0773 e. The normalized spacial score (nSPS) is 24.7. The maximum absolute atomic E-state index is 2.29. The van der Waals surface area contributed by atoms with Crippen LogP contribution in [0.4, 0.5) is 0 Å². The summed E-state index contributed by atoms with van der Waals surface area (Å²) in [6, 6.07) is 0. The molecule has 0 aromatic rings. The van der Waals surface area contributed by atoms with Gasteiger partial charge in [0.15, 0.2) is 0 Å². The molecule has 0 amide bonds. The highest BCUT2D eigenvalue weighted by molar-refractivity contribution is 5.25. The van der Waals surface area contributed by atoms with Crippen molar-refractivity contribution < 1.29 is 0 Å². The van der Waals surface area contributed by atoms with Gasteiger partial charge in [0.1, 0.15) is 0 Å². The molecule has 1 unspecified atom stereocenters. The molecule has 0 heterocycles. The molecule has 0 saturated carbocycles.